The highest BCUT2D eigenvalue weighted by Gasteiger charge is 2.25. The molecule has 3 unspecified atom stereocenters. The fraction of sp³-hybridized carbons (Fsp3) is 0.400. The smallest absolute Gasteiger partial charge is 0.297 e. The first-order chi connectivity index (χ1) is 14.4. The van der Waals surface area contributed by atoms with Crippen LogP contribution in [0.3, 0.4) is 0 Å². The summed E-state index contributed by atoms with van der Waals surface area (Å²) in [6, 6.07) is 11.8. The molecule has 0 saturated heterocycles. The lowest BCUT2D eigenvalue weighted by Gasteiger charge is -2.20. The van der Waals surface area contributed by atoms with Crippen LogP contribution in [0.25, 0.3) is 0 Å². The van der Waals surface area contributed by atoms with E-state index in [9.17, 15) is 32.2 Å². The Morgan fingerprint density at radius 3 is 1.48 bits per heavy atom. The fourth-order valence-electron chi connectivity index (χ4n) is 2.49. The van der Waals surface area contributed by atoms with Crippen LogP contribution in [0.1, 0.15) is 17.5 Å². The molecule has 0 amide bonds. The van der Waals surface area contributed by atoms with E-state index in [1.807, 2.05) is 0 Å². The summed E-state index contributed by atoms with van der Waals surface area (Å²) in [5, 5.41) is 29.9. The molecule has 3 atom stereocenters. The molecule has 0 radical (unpaired) electrons. The first kappa shape index (κ1) is 25.4. The number of hydrogen-bond donors (Lipinski definition) is 3. The maximum Gasteiger partial charge on any atom is 0.297 e. The molecule has 0 spiro atoms. The summed E-state index contributed by atoms with van der Waals surface area (Å²) in [4.78, 5) is -0.185. The molecule has 0 aliphatic rings. The van der Waals surface area contributed by atoms with Gasteiger partial charge in [-0.05, 0) is 38.1 Å². The van der Waals surface area contributed by atoms with Crippen LogP contribution < -0.4 is 0 Å². The van der Waals surface area contributed by atoms with Gasteiger partial charge in [0.25, 0.3) is 20.2 Å². The van der Waals surface area contributed by atoms with Crippen LogP contribution >= 0.6 is 0 Å². The van der Waals surface area contributed by atoms with Crippen molar-refractivity contribution >= 4 is 20.2 Å². The van der Waals surface area contributed by atoms with Crippen LogP contribution in [0.4, 0.5) is 0 Å². The monoisotopic (exact) mass is 474 g/mol. The molecular formula is C20H26O9S2. The van der Waals surface area contributed by atoms with Gasteiger partial charge in [0.05, 0.1) is 35.2 Å². The van der Waals surface area contributed by atoms with E-state index in [1.54, 1.807) is 38.1 Å². The summed E-state index contributed by atoms with van der Waals surface area (Å²) >= 11 is 0. The second-order valence-electron chi connectivity index (χ2n) is 7.13. The van der Waals surface area contributed by atoms with E-state index in [4.69, 9.17) is 8.37 Å². The zero-order valence-corrected chi connectivity index (χ0v) is 18.7. The minimum Gasteiger partial charge on any atom is -0.391 e. The van der Waals surface area contributed by atoms with Gasteiger partial charge in [-0.25, -0.2) is 0 Å². The normalized spacial score (nSPS) is 15.4. The summed E-state index contributed by atoms with van der Waals surface area (Å²) in [5.41, 5.74) is 1.72. The van der Waals surface area contributed by atoms with Crippen LogP contribution in [0.2, 0.25) is 0 Å². The van der Waals surface area contributed by atoms with Crippen LogP contribution in [-0.4, -0.2) is 63.7 Å². The van der Waals surface area contributed by atoms with Gasteiger partial charge >= 0.3 is 0 Å². The second kappa shape index (κ2) is 10.6. The van der Waals surface area contributed by atoms with Gasteiger partial charge in [0.1, 0.15) is 6.10 Å². The van der Waals surface area contributed by atoms with Gasteiger partial charge in [-0.1, -0.05) is 35.4 Å². The van der Waals surface area contributed by atoms with E-state index in [-0.39, 0.29) is 9.79 Å². The van der Waals surface area contributed by atoms with Crippen molar-refractivity contribution in [2.24, 2.45) is 0 Å². The van der Waals surface area contributed by atoms with Gasteiger partial charge in [-0.15, -0.1) is 0 Å². The van der Waals surface area contributed by atoms with Crippen molar-refractivity contribution in [3.8, 4) is 0 Å². The lowest BCUT2D eigenvalue weighted by atomic mass is 10.1. The Hall–Kier alpha value is -1.86. The molecule has 0 saturated carbocycles. The molecule has 9 nitrogen and oxygen atoms in total. The standard InChI is InChI=1S/C20H26O9S2/c1-14-3-7-17(8-4-14)30(24,25)28-12-16(21)11-19(22)20(23)13-29-31(26,27)18-9-5-15(2)6-10-18/h3-10,16,19-23H,11-13H2,1-2H3. The van der Waals surface area contributed by atoms with Crippen molar-refractivity contribution in [1.29, 1.82) is 0 Å². The van der Waals surface area contributed by atoms with Crippen LogP contribution in [0.15, 0.2) is 58.3 Å². The van der Waals surface area contributed by atoms with E-state index < -0.39 is 58.2 Å². The van der Waals surface area contributed by atoms with Gasteiger partial charge in [-0.2, -0.15) is 16.8 Å². The average Bonchev–Trinajstić information content (AvgIpc) is 2.71. The number of rotatable bonds is 11. The molecule has 2 aromatic carbocycles. The molecule has 0 bridgehead atoms. The summed E-state index contributed by atoms with van der Waals surface area (Å²) in [6.45, 7) is 2.19. The predicted octanol–water partition coefficient (Wildman–Crippen LogP) is 0.887. The Balaban J connectivity index is 1.84. The second-order valence-corrected chi connectivity index (χ2v) is 10.4. The Morgan fingerprint density at radius 1 is 0.677 bits per heavy atom. The Kier molecular flexibility index (Phi) is 8.72. The SMILES string of the molecule is Cc1ccc(S(=O)(=O)OCC(O)CC(O)C(O)COS(=O)(=O)c2ccc(C)cc2)cc1. The summed E-state index contributed by atoms with van der Waals surface area (Å²) in [7, 11) is -8.23. The average molecular weight is 475 g/mol. The molecule has 172 valence electrons. The highest BCUT2D eigenvalue weighted by atomic mass is 32.2. The first-order valence-electron chi connectivity index (χ1n) is 9.37. The van der Waals surface area contributed by atoms with Gasteiger partial charge in [0.15, 0.2) is 0 Å². The summed E-state index contributed by atoms with van der Waals surface area (Å²) < 4.78 is 58.0. The van der Waals surface area contributed by atoms with Gasteiger partial charge in [0, 0.05) is 6.42 Å². The quantitative estimate of drug-likeness (QED) is 0.404. The molecule has 31 heavy (non-hydrogen) atoms. The molecule has 11 heteroatoms. The molecule has 2 aromatic rings. The van der Waals surface area contributed by atoms with E-state index in [0.717, 1.165) is 11.1 Å². The maximum atomic E-state index is 12.1. The summed E-state index contributed by atoms with van der Waals surface area (Å²) in [5.74, 6) is 0. The van der Waals surface area contributed by atoms with Crippen LogP contribution in [0, 0.1) is 13.8 Å². The van der Waals surface area contributed by atoms with Gasteiger partial charge < -0.3 is 15.3 Å². The summed E-state index contributed by atoms with van der Waals surface area (Å²) in [6.07, 6.45) is -5.10. The van der Waals surface area contributed by atoms with Crippen molar-refractivity contribution in [1.82, 2.24) is 0 Å². The lowest BCUT2D eigenvalue weighted by Crippen LogP contribution is -2.35. The van der Waals surface area contributed by atoms with Crippen molar-refractivity contribution in [3.63, 3.8) is 0 Å². The van der Waals surface area contributed by atoms with E-state index in [2.05, 4.69) is 0 Å². The van der Waals surface area contributed by atoms with E-state index in [0.29, 0.717) is 0 Å². The fourth-order valence-corrected chi connectivity index (χ4v) is 4.35. The largest absolute Gasteiger partial charge is 0.391 e. The van der Waals surface area contributed by atoms with Gasteiger partial charge in [0.2, 0.25) is 0 Å². The molecule has 0 heterocycles. The Labute approximate surface area is 182 Å². The highest BCUT2D eigenvalue weighted by Crippen LogP contribution is 2.16. The third-order valence-electron chi connectivity index (χ3n) is 4.39. The third kappa shape index (κ3) is 7.65. The van der Waals surface area contributed by atoms with Crippen molar-refractivity contribution in [2.75, 3.05) is 13.2 Å². The lowest BCUT2D eigenvalue weighted by molar-refractivity contribution is -0.0364. The number of hydrogen-bond acceptors (Lipinski definition) is 9. The third-order valence-corrected chi connectivity index (χ3v) is 6.98. The van der Waals surface area contributed by atoms with Crippen molar-refractivity contribution < 1.29 is 40.5 Å². The zero-order valence-electron chi connectivity index (χ0n) is 17.1. The number of aryl methyl sites for hydroxylation is 2. The Bertz CT molecular complexity index is 1050. The highest BCUT2D eigenvalue weighted by molar-refractivity contribution is 7.87. The van der Waals surface area contributed by atoms with E-state index in [1.165, 1.54) is 24.3 Å². The minimum atomic E-state index is -4.14. The number of aliphatic hydroxyl groups excluding tert-OH is 3. The topological polar surface area (TPSA) is 147 Å². The van der Waals surface area contributed by atoms with Crippen LogP contribution in [-0.2, 0) is 28.6 Å². The molecule has 0 aliphatic heterocycles. The molecular weight excluding hydrogens is 448 g/mol. The number of benzene rings is 2. The van der Waals surface area contributed by atoms with E-state index >= 15 is 0 Å². The molecule has 0 fully saturated rings. The predicted molar refractivity (Wildman–Crippen MR) is 111 cm³/mol. The minimum absolute atomic E-state index is 0.0828. The molecule has 2 rings (SSSR count). The molecule has 0 aromatic heterocycles. The number of aliphatic hydroxyl groups is 3. The first-order valence-corrected chi connectivity index (χ1v) is 12.2. The molecule has 3 N–H and O–H groups in total. The maximum absolute atomic E-state index is 12.1. The van der Waals surface area contributed by atoms with Crippen molar-refractivity contribution in [3.05, 3.63) is 59.7 Å². The van der Waals surface area contributed by atoms with Gasteiger partial charge in [-0.3, -0.25) is 8.37 Å². The Morgan fingerprint density at radius 2 is 1.06 bits per heavy atom. The van der Waals surface area contributed by atoms with Crippen LogP contribution in [0.5, 0.6) is 0 Å². The zero-order chi connectivity index (χ0) is 23.2. The van der Waals surface area contributed by atoms with Crippen molar-refractivity contribution in [2.45, 2.75) is 48.4 Å². The molecule has 0 aliphatic carbocycles.